The smallest absolute Gasteiger partial charge is 0.0758 e. The number of likely N-dealkylation sites (tertiary alicyclic amines) is 1. The maximum Gasteiger partial charge on any atom is 0.0758 e. The molecule has 0 spiro atoms. The summed E-state index contributed by atoms with van der Waals surface area (Å²) in [7, 11) is 0. The van der Waals surface area contributed by atoms with E-state index in [2.05, 4.69) is 24.1 Å². The van der Waals surface area contributed by atoms with Crippen molar-refractivity contribution in [2.45, 2.75) is 52.4 Å². The van der Waals surface area contributed by atoms with Gasteiger partial charge < -0.3 is 10.2 Å². The van der Waals surface area contributed by atoms with E-state index in [0.29, 0.717) is 0 Å². The van der Waals surface area contributed by atoms with Crippen LogP contribution in [0.15, 0.2) is 0 Å². The molecule has 0 atom stereocenters. The topological polar surface area (TPSA) is 19.9 Å². The van der Waals surface area contributed by atoms with Crippen LogP contribution >= 0.6 is 0 Å². The van der Waals surface area contributed by atoms with Crippen molar-refractivity contribution in [3.8, 4) is 0 Å². The Hall–Kier alpha value is -0.0800. The van der Waals surface area contributed by atoms with Gasteiger partial charge in [-0.3, -0.25) is 0 Å². The SMILES string of the molecule is CC(C)CC1CCN(CCC2CC[NH2+]CC2)CC1. The average Bonchev–Trinajstić information content (AvgIpc) is 2.38. The molecule has 2 rings (SSSR count). The van der Waals surface area contributed by atoms with Crippen LogP contribution < -0.4 is 5.32 Å². The summed E-state index contributed by atoms with van der Waals surface area (Å²) in [5.41, 5.74) is 0. The summed E-state index contributed by atoms with van der Waals surface area (Å²) in [6, 6.07) is 0. The third-order valence-corrected chi connectivity index (χ3v) is 4.92. The summed E-state index contributed by atoms with van der Waals surface area (Å²) in [6.07, 6.45) is 8.75. The maximum absolute atomic E-state index is 2.73. The van der Waals surface area contributed by atoms with Crippen molar-refractivity contribution in [1.29, 1.82) is 0 Å². The fourth-order valence-corrected chi connectivity index (χ4v) is 3.76. The molecule has 0 aromatic rings. The number of hydrogen-bond acceptors (Lipinski definition) is 1. The molecule has 0 amide bonds. The van der Waals surface area contributed by atoms with E-state index in [0.717, 1.165) is 17.8 Å². The summed E-state index contributed by atoms with van der Waals surface area (Å²) in [4.78, 5) is 2.73. The first kappa shape index (κ1) is 14.3. The zero-order valence-electron chi connectivity index (χ0n) is 12.5. The van der Waals surface area contributed by atoms with E-state index in [1.54, 1.807) is 0 Å². The normalized spacial score (nSPS) is 24.8. The summed E-state index contributed by atoms with van der Waals surface area (Å²) in [5, 5.41) is 2.48. The molecule has 18 heavy (non-hydrogen) atoms. The second kappa shape index (κ2) is 7.49. The molecule has 106 valence electrons. The fourth-order valence-electron chi connectivity index (χ4n) is 3.76. The lowest BCUT2D eigenvalue weighted by Gasteiger charge is -2.33. The van der Waals surface area contributed by atoms with Crippen molar-refractivity contribution in [1.82, 2.24) is 4.90 Å². The van der Waals surface area contributed by atoms with Gasteiger partial charge in [0.05, 0.1) is 13.1 Å². The molecule has 2 heteroatoms. The highest BCUT2D eigenvalue weighted by atomic mass is 15.1. The summed E-state index contributed by atoms with van der Waals surface area (Å²) < 4.78 is 0. The van der Waals surface area contributed by atoms with E-state index >= 15 is 0 Å². The van der Waals surface area contributed by atoms with E-state index in [1.807, 2.05) is 0 Å². The number of nitrogens with two attached hydrogens (primary N) is 1. The van der Waals surface area contributed by atoms with Gasteiger partial charge in [0.1, 0.15) is 0 Å². The lowest BCUT2D eigenvalue weighted by atomic mass is 9.88. The van der Waals surface area contributed by atoms with Crippen molar-refractivity contribution in [2.75, 3.05) is 32.7 Å². The number of quaternary nitrogens is 1. The minimum absolute atomic E-state index is 0.889. The van der Waals surface area contributed by atoms with Crippen LogP contribution in [0.1, 0.15) is 52.4 Å². The second-order valence-electron chi connectivity index (χ2n) is 7.01. The Morgan fingerprint density at radius 1 is 1.00 bits per heavy atom. The third-order valence-electron chi connectivity index (χ3n) is 4.92. The molecule has 0 radical (unpaired) electrons. The van der Waals surface area contributed by atoms with Gasteiger partial charge in [0.15, 0.2) is 0 Å². The van der Waals surface area contributed by atoms with Crippen molar-refractivity contribution in [2.24, 2.45) is 17.8 Å². The van der Waals surface area contributed by atoms with Gasteiger partial charge in [-0.1, -0.05) is 13.8 Å². The van der Waals surface area contributed by atoms with E-state index in [1.165, 1.54) is 71.2 Å². The van der Waals surface area contributed by atoms with Gasteiger partial charge >= 0.3 is 0 Å². The zero-order valence-corrected chi connectivity index (χ0v) is 12.5. The first-order valence-electron chi connectivity index (χ1n) is 8.28. The Bertz CT molecular complexity index is 213. The molecule has 0 aromatic carbocycles. The summed E-state index contributed by atoms with van der Waals surface area (Å²) in [5.74, 6) is 2.94. The van der Waals surface area contributed by atoms with E-state index in [4.69, 9.17) is 0 Å². The van der Waals surface area contributed by atoms with Gasteiger partial charge in [-0.15, -0.1) is 0 Å². The minimum atomic E-state index is 0.889. The highest BCUT2D eigenvalue weighted by Crippen LogP contribution is 2.24. The predicted molar refractivity (Wildman–Crippen MR) is 77.6 cm³/mol. The monoisotopic (exact) mass is 253 g/mol. The summed E-state index contributed by atoms with van der Waals surface area (Å²) >= 11 is 0. The molecular weight excluding hydrogens is 220 g/mol. The van der Waals surface area contributed by atoms with Crippen LogP contribution in [-0.2, 0) is 0 Å². The van der Waals surface area contributed by atoms with Gasteiger partial charge in [-0.05, 0) is 75.9 Å². The van der Waals surface area contributed by atoms with E-state index in [9.17, 15) is 0 Å². The van der Waals surface area contributed by atoms with Gasteiger partial charge in [0, 0.05) is 0 Å². The van der Waals surface area contributed by atoms with Crippen molar-refractivity contribution in [3.05, 3.63) is 0 Å². The molecule has 0 unspecified atom stereocenters. The van der Waals surface area contributed by atoms with Crippen LogP contribution in [0.2, 0.25) is 0 Å². The molecule has 2 saturated heterocycles. The molecule has 2 N–H and O–H groups in total. The van der Waals surface area contributed by atoms with Crippen LogP contribution in [0.5, 0.6) is 0 Å². The molecule has 2 aliphatic rings. The number of rotatable bonds is 5. The Morgan fingerprint density at radius 3 is 2.28 bits per heavy atom. The lowest BCUT2D eigenvalue weighted by molar-refractivity contribution is -0.664. The van der Waals surface area contributed by atoms with Crippen LogP contribution in [0.4, 0.5) is 0 Å². The largest absolute Gasteiger partial charge is 0.346 e. The summed E-state index contributed by atoms with van der Waals surface area (Å²) in [6.45, 7) is 11.6. The Kier molecular flexibility index (Phi) is 5.97. The van der Waals surface area contributed by atoms with Crippen LogP contribution in [0, 0.1) is 17.8 Å². The number of piperidine rings is 2. The second-order valence-corrected chi connectivity index (χ2v) is 7.01. The minimum Gasteiger partial charge on any atom is -0.346 e. The molecule has 2 aliphatic heterocycles. The fraction of sp³-hybridized carbons (Fsp3) is 1.00. The van der Waals surface area contributed by atoms with Crippen LogP contribution in [0.3, 0.4) is 0 Å². The van der Waals surface area contributed by atoms with Gasteiger partial charge in [0.25, 0.3) is 0 Å². The predicted octanol–water partition coefficient (Wildman–Crippen LogP) is 2.11. The van der Waals surface area contributed by atoms with Crippen molar-refractivity contribution in [3.63, 3.8) is 0 Å². The molecule has 0 aromatic heterocycles. The Balaban J connectivity index is 1.58. The van der Waals surface area contributed by atoms with Gasteiger partial charge in [-0.25, -0.2) is 0 Å². The third kappa shape index (κ3) is 4.89. The molecule has 0 saturated carbocycles. The molecular formula is C16H33N2+. The quantitative estimate of drug-likeness (QED) is 0.795. The molecule has 2 nitrogen and oxygen atoms in total. The zero-order chi connectivity index (χ0) is 12.8. The number of hydrogen-bond donors (Lipinski definition) is 1. The van der Waals surface area contributed by atoms with Crippen LogP contribution in [-0.4, -0.2) is 37.6 Å². The van der Waals surface area contributed by atoms with Gasteiger partial charge in [0.2, 0.25) is 0 Å². The first-order chi connectivity index (χ1) is 8.74. The highest BCUT2D eigenvalue weighted by molar-refractivity contribution is 4.74. The average molecular weight is 253 g/mol. The van der Waals surface area contributed by atoms with Crippen LogP contribution in [0.25, 0.3) is 0 Å². The lowest BCUT2D eigenvalue weighted by Crippen LogP contribution is -2.86. The molecule has 2 heterocycles. The maximum atomic E-state index is 2.73. The number of nitrogens with zero attached hydrogens (tertiary/aromatic N) is 1. The Morgan fingerprint density at radius 2 is 1.67 bits per heavy atom. The van der Waals surface area contributed by atoms with E-state index < -0.39 is 0 Å². The van der Waals surface area contributed by atoms with E-state index in [-0.39, 0.29) is 0 Å². The highest BCUT2D eigenvalue weighted by Gasteiger charge is 2.21. The molecule has 2 fully saturated rings. The standard InChI is InChI=1S/C16H32N2/c1-14(2)13-16-6-11-18(12-7-16)10-5-15-3-8-17-9-4-15/h14-17H,3-13H2,1-2H3/p+1. The van der Waals surface area contributed by atoms with Crippen molar-refractivity contribution < 1.29 is 5.32 Å². The van der Waals surface area contributed by atoms with Gasteiger partial charge in [-0.2, -0.15) is 0 Å². The Labute approximate surface area is 114 Å². The van der Waals surface area contributed by atoms with Crippen molar-refractivity contribution >= 4 is 0 Å². The molecule has 0 aliphatic carbocycles. The molecule has 0 bridgehead atoms. The first-order valence-corrected chi connectivity index (χ1v) is 8.28.